The Labute approximate surface area is 145 Å². The third-order valence-electron chi connectivity index (χ3n) is 4.25. The molecule has 0 unspecified atom stereocenters. The summed E-state index contributed by atoms with van der Waals surface area (Å²) in [6, 6.07) is 16.8. The van der Waals surface area contributed by atoms with E-state index in [-0.39, 0.29) is 0 Å². The molecule has 2 aromatic carbocycles. The van der Waals surface area contributed by atoms with Crippen molar-refractivity contribution in [2.24, 2.45) is 0 Å². The standard InChI is InChI=1S/C19H19N3OS/c20-19-21-16(13-24-19)15-6-7-18-17(12-15)22(10-11-23-18)9-8-14-4-2-1-3-5-14/h1-7,12-13H,8-11H2,(H2,20,21). The summed E-state index contributed by atoms with van der Waals surface area (Å²) < 4.78 is 5.82. The Hall–Kier alpha value is -2.53. The van der Waals surface area contributed by atoms with E-state index in [0.29, 0.717) is 5.13 Å². The van der Waals surface area contributed by atoms with Crippen molar-refractivity contribution in [3.8, 4) is 17.0 Å². The monoisotopic (exact) mass is 337 g/mol. The Kier molecular flexibility index (Phi) is 4.09. The summed E-state index contributed by atoms with van der Waals surface area (Å²) >= 11 is 1.47. The van der Waals surface area contributed by atoms with Crippen molar-refractivity contribution in [2.75, 3.05) is 30.3 Å². The molecule has 0 bridgehead atoms. The predicted molar refractivity (Wildman–Crippen MR) is 99.8 cm³/mol. The third-order valence-corrected chi connectivity index (χ3v) is 4.92. The van der Waals surface area contributed by atoms with E-state index >= 15 is 0 Å². The third kappa shape index (κ3) is 3.08. The first-order chi connectivity index (χ1) is 11.8. The summed E-state index contributed by atoms with van der Waals surface area (Å²) in [6.45, 7) is 2.61. The Morgan fingerprint density at radius 3 is 2.83 bits per heavy atom. The van der Waals surface area contributed by atoms with Gasteiger partial charge in [-0.1, -0.05) is 30.3 Å². The minimum atomic E-state index is 0.597. The highest BCUT2D eigenvalue weighted by Gasteiger charge is 2.19. The highest BCUT2D eigenvalue weighted by molar-refractivity contribution is 7.13. The predicted octanol–water partition coefficient (Wildman–Crippen LogP) is 3.83. The fraction of sp³-hybridized carbons (Fsp3) is 0.211. The van der Waals surface area contributed by atoms with E-state index in [1.54, 1.807) is 0 Å². The first kappa shape index (κ1) is 15.0. The molecule has 4 nitrogen and oxygen atoms in total. The van der Waals surface area contributed by atoms with Crippen molar-refractivity contribution >= 4 is 22.2 Å². The summed E-state index contributed by atoms with van der Waals surface area (Å²) in [5, 5.41) is 2.59. The lowest BCUT2D eigenvalue weighted by atomic mass is 10.1. The highest BCUT2D eigenvalue weighted by atomic mass is 32.1. The number of aromatic nitrogens is 1. The van der Waals surface area contributed by atoms with E-state index in [1.165, 1.54) is 16.9 Å². The van der Waals surface area contributed by atoms with Crippen molar-refractivity contribution in [2.45, 2.75) is 6.42 Å². The van der Waals surface area contributed by atoms with Gasteiger partial charge in [0.05, 0.1) is 17.9 Å². The molecule has 0 saturated carbocycles. The molecule has 1 aliphatic heterocycles. The van der Waals surface area contributed by atoms with Crippen LogP contribution in [0, 0.1) is 0 Å². The zero-order chi connectivity index (χ0) is 16.4. The van der Waals surface area contributed by atoms with Crippen LogP contribution >= 0.6 is 11.3 Å². The molecule has 1 aliphatic rings. The lowest BCUT2D eigenvalue weighted by molar-refractivity contribution is 0.308. The summed E-state index contributed by atoms with van der Waals surface area (Å²) in [7, 11) is 0. The van der Waals surface area contributed by atoms with Gasteiger partial charge in [-0.3, -0.25) is 0 Å². The lowest BCUT2D eigenvalue weighted by Crippen LogP contribution is -2.34. The van der Waals surface area contributed by atoms with Crippen LogP contribution in [0.25, 0.3) is 11.3 Å². The first-order valence-electron chi connectivity index (χ1n) is 8.07. The number of thiazole rings is 1. The van der Waals surface area contributed by atoms with Crippen molar-refractivity contribution in [1.29, 1.82) is 0 Å². The van der Waals surface area contributed by atoms with Crippen molar-refractivity contribution in [1.82, 2.24) is 4.98 Å². The molecule has 0 spiro atoms. The van der Waals surface area contributed by atoms with Gasteiger partial charge in [0.2, 0.25) is 0 Å². The Morgan fingerprint density at radius 2 is 2.04 bits per heavy atom. The van der Waals surface area contributed by atoms with Gasteiger partial charge in [0.25, 0.3) is 0 Å². The molecule has 2 heterocycles. The van der Waals surface area contributed by atoms with Crippen molar-refractivity contribution in [3.05, 3.63) is 59.5 Å². The van der Waals surface area contributed by atoms with Crippen molar-refractivity contribution in [3.63, 3.8) is 0 Å². The minimum absolute atomic E-state index is 0.597. The number of benzene rings is 2. The molecule has 3 aromatic rings. The molecular formula is C19H19N3OS. The minimum Gasteiger partial charge on any atom is -0.490 e. The maximum absolute atomic E-state index is 5.82. The zero-order valence-electron chi connectivity index (χ0n) is 13.3. The summed E-state index contributed by atoms with van der Waals surface area (Å²) in [5.41, 5.74) is 10.3. The molecule has 0 saturated heterocycles. The Balaban J connectivity index is 1.58. The molecule has 4 rings (SSSR count). The SMILES string of the molecule is Nc1nc(-c2ccc3c(c2)N(CCc2ccccc2)CCO3)cs1. The van der Waals surface area contributed by atoms with E-state index < -0.39 is 0 Å². The maximum Gasteiger partial charge on any atom is 0.180 e. The highest BCUT2D eigenvalue weighted by Crippen LogP contribution is 2.36. The molecule has 5 heteroatoms. The topological polar surface area (TPSA) is 51.4 Å². The van der Waals surface area contributed by atoms with Crippen LogP contribution in [0.4, 0.5) is 10.8 Å². The van der Waals surface area contributed by atoms with E-state index in [2.05, 4.69) is 46.3 Å². The summed E-state index contributed by atoms with van der Waals surface area (Å²) in [5.74, 6) is 0.946. The molecule has 0 amide bonds. The second kappa shape index (κ2) is 6.53. The fourth-order valence-corrected chi connectivity index (χ4v) is 3.57. The van der Waals surface area contributed by atoms with Crippen LogP contribution in [0.3, 0.4) is 0 Å². The molecule has 24 heavy (non-hydrogen) atoms. The maximum atomic E-state index is 5.82. The van der Waals surface area contributed by atoms with Gasteiger partial charge in [-0.05, 0) is 30.2 Å². The number of nitrogen functional groups attached to an aromatic ring is 1. The average molecular weight is 337 g/mol. The van der Waals surface area contributed by atoms with Crippen LogP contribution in [-0.4, -0.2) is 24.7 Å². The lowest BCUT2D eigenvalue weighted by Gasteiger charge is -2.31. The Morgan fingerprint density at radius 1 is 1.17 bits per heavy atom. The van der Waals surface area contributed by atoms with E-state index in [9.17, 15) is 0 Å². The van der Waals surface area contributed by atoms with Gasteiger partial charge in [-0.15, -0.1) is 11.3 Å². The summed E-state index contributed by atoms with van der Waals surface area (Å²) in [6.07, 6.45) is 1.02. The van der Waals surface area contributed by atoms with Gasteiger partial charge >= 0.3 is 0 Å². The van der Waals surface area contributed by atoms with Crippen LogP contribution in [0.1, 0.15) is 5.56 Å². The molecule has 1 aromatic heterocycles. The largest absolute Gasteiger partial charge is 0.490 e. The second-order valence-corrected chi connectivity index (χ2v) is 6.71. The number of ether oxygens (including phenoxy) is 1. The van der Waals surface area contributed by atoms with Crippen LogP contribution in [-0.2, 0) is 6.42 Å². The molecule has 0 aliphatic carbocycles. The van der Waals surface area contributed by atoms with Crippen LogP contribution in [0.2, 0.25) is 0 Å². The number of rotatable bonds is 4. The van der Waals surface area contributed by atoms with Gasteiger partial charge in [0.15, 0.2) is 5.13 Å². The quantitative estimate of drug-likeness (QED) is 0.786. The van der Waals surface area contributed by atoms with Gasteiger partial charge in [0, 0.05) is 17.5 Å². The number of fused-ring (bicyclic) bond motifs is 1. The van der Waals surface area contributed by atoms with E-state index in [0.717, 1.165) is 48.8 Å². The van der Waals surface area contributed by atoms with Crippen LogP contribution in [0.15, 0.2) is 53.9 Å². The van der Waals surface area contributed by atoms with E-state index in [4.69, 9.17) is 10.5 Å². The molecule has 0 fully saturated rings. The zero-order valence-corrected chi connectivity index (χ0v) is 14.1. The molecule has 0 radical (unpaired) electrons. The number of hydrogen-bond donors (Lipinski definition) is 1. The first-order valence-corrected chi connectivity index (χ1v) is 8.95. The average Bonchev–Trinajstić information content (AvgIpc) is 3.07. The summed E-state index contributed by atoms with van der Waals surface area (Å²) in [4.78, 5) is 6.78. The number of anilines is 2. The number of nitrogens with two attached hydrogens (primary N) is 1. The van der Waals surface area contributed by atoms with Crippen molar-refractivity contribution < 1.29 is 4.74 Å². The molecule has 2 N–H and O–H groups in total. The molecular weight excluding hydrogens is 318 g/mol. The van der Waals surface area contributed by atoms with Crippen LogP contribution < -0.4 is 15.4 Å². The van der Waals surface area contributed by atoms with E-state index in [1.807, 2.05) is 17.5 Å². The van der Waals surface area contributed by atoms with Gasteiger partial charge in [-0.2, -0.15) is 0 Å². The number of nitrogens with zero attached hydrogens (tertiary/aromatic N) is 2. The Bertz CT molecular complexity index is 832. The normalized spacial score (nSPS) is 13.4. The van der Waals surface area contributed by atoms with Gasteiger partial charge in [0.1, 0.15) is 12.4 Å². The van der Waals surface area contributed by atoms with Crippen LogP contribution in [0.5, 0.6) is 5.75 Å². The smallest absolute Gasteiger partial charge is 0.180 e. The fourth-order valence-electron chi connectivity index (χ4n) is 2.99. The van der Waals surface area contributed by atoms with Gasteiger partial charge in [-0.25, -0.2) is 4.98 Å². The number of hydrogen-bond acceptors (Lipinski definition) is 5. The van der Waals surface area contributed by atoms with Gasteiger partial charge < -0.3 is 15.4 Å². The second-order valence-electron chi connectivity index (χ2n) is 5.82. The molecule has 122 valence electrons. The molecule has 0 atom stereocenters.